The minimum absolute atomic E-state index is 0.130. The Morgan fingerprint density at radius 1 is 1.19 bits per heavy atom. The highest BCUT2D eigenvalue weighted by Crippen LogP contribution is 2.25. The van der Waals surface area contributed by atoms with Crippen molar-refractivity contribution in [2.45, 2.75) is 11.3 Å². The van der Waals surface area contributed by atoms with Gasteiger partial charge in [0.2, 0.25) is 0 Å². The van der Waals surface area contributed by atoms with Crippen LogP contribution in [-0.4, -0.2) is 39.2 Å². The fraction of sp³-hybridized carbons (Fsp3) is 0.150. The van der Waals surface area contributed by atoms with Crippen LogP contribution >= 0.6 is 24.0 Å². The highest BCUT2D eigenvalue weighted by Gasteiger charge is 2.30. The lowest BCUT2D eigenvalue weighted by molar-refractivity contribution is -0.274. The molecule has 3 aromatic rings. The molecule has 0 amide bonds. The molecule has 0 bridgehead atoms. The van der Waals surface area contributed by atoms with Crippen LogP contribution in [0.3, 0.4) is 0 Å². The molecule has 2 aromatic carbocycles. The first kappa shape index (κ1) is 23.4. The monoisotopic (exact) mass is 481 g/mol. The van der Waals surface area contributed by atoms with Gasteiger partial charge in [0.25, 0.3) is 0 Å². The zero-order valence-corrected chi connectivity index (χ0v) is 18.3. The van der Waals surface area contributed by atoms with E-state index < -0.39 is 6.36 Å². The van der Waals surface area contributed by atoms with Gasteiger partial charge in [0.1, 0.15) is 12.1 Å². The fourth-order valence-electron chi connectivity index (χ4n) is 2.46. The predicted octanol–water partition coefficient (Wildman–Crippen LogP) is 4.82. The number of hydrogen-bond acceptors (Lipinski definition) is 6. The van der Waals surface area contributed by atoms with E-state index in [1.807, 2.05) is 30.5 Å². The topological polar surface area (TPSA) is 73.2 Å². The molecule has 0 fully saturated rings. The number of aromatic nitrogens is 3. The summed E-state index contributed by atoms with van der Waals surface area (Å²) in [6, 6.07) is 13.1. The Bertz CT molecular complexity index is 1070. The van der Waals surface area contributed by atoms with Gasteiger partial charge in [0.05, 0.1) is 17.6 Å². The molecule has 0 saturated carbocycles. The predicted molar refractivity (Wildman–Crippen MR) is 121 cm³/mol. The number of nitrogens with zero attached hydrogens (tertiary/aromatic N) is 3. The van der Waals surface area contributed by atoms with Crippen LogP contribution in [0, 0.1) is 0 Å². The molecule has 0 radical (unpaired) electrons. The molecular formula is C20H18F3N5O2S2. The van der Waals surface area contributed by atoms with Gasteiger partial charge >= 0.3 is 6.36 Å². The van der Waals surface area contributed by atoms with E-state index in [0.717, 1.165) is 10.6 Å². The van der Waals surface area contributed by atoms with Gasteiger partial charge < -0.3 is 20.1 Å². The maximum Gasteiger partial charge on any atom is 0.573 e. The van der Waals surface area contributed by atoms with Crippen molar-refractivity contribution in [2.24, 2.45) is 0 Å². The van der Waals surface area contributed by atoms with Gasteiger partial charge in [-0.2, -0.15) is 0 Å². The van der Waals surface area contributed by atoms with Crippen molar-refractivity contribution in [3.05, 3.63) is 66.9 Å². The van der Waals surface area contributed by atoms with Crippen molar-refractivity contribution < 1.29 is 22.6 Å². The normalized spacial score (nSPS) is 11.4. The second-order valence-corrected chi connectivity index (χ2v) is 7.29. The lowest BCUT2D eigenvalue weighted by Crippen LogP contribution is -2.29. The summed E-state index contributed by atoms with van der Waals surface area (Å²) in [6.07, 6.45) is 1.63. The summed E-state index contributed by atoms with van der Waals surface area (Å²) >= 11 is 6.86. The van der Waals surface area contributed by atoms with Gasteiger partial charge in [-0.25, -0.2) is 9.67 Å². The SMILES string of the molecule is CSc1ccccc1NC(=S)NCO/C=C/c1ncn(-c2ccc(OC(F)(F)F)cc2)n1. The quantitative estimate of drug-likeness (QED) is 0.156. The van der Waals surface area contributed by atoms with E-state index in [1.54, 1.807) is 17.8 Å². The number of rotatable bonds is 8. The highest BCUT2D eigenvalue weighted by atomic mass is 32.2. The lowest BCUT2D eigenvalue weighted by atomic mass is 10.3. The van der Waals surface area contributed by atoms with Crippen molar-refractivity contribution in [1.29, 1.82) is 0 Å². The fourth-order valence-corrected chi connectivity index (χ4v) is 3.18. The zero-order valence-electron chi connectivity index (χ0n) is 16.7. The first-order chi connectivity index (χ1) is 15.3. The van der Waals surface area contributed by atoms with Gasteiger partial charge in [-0.1, -0.05) is 12.1 Å². The molecule has 12 heteroatoms. The number of thiocarbonyl (C=S) groups is 1. The lowest BCUT2D eigenvalue weighted by Gasteiger charge is -2.12. The highest BCUT2D eigenvalue weighted by molar-refractivity contribution is 7.98. The Morgan fingerprint density at radius 2 is 1.94 bits per heavy atom. The number of anilines is 1. The first-order valence-electron chi connectivity index (χ1n) is 9.08. The second-order valence-electron chi connectivity index (χ2n) is 6.03. The van der Waals surface area contributed by atoms with Gasteiger partial charge in [-0.3, -0.25) is 0 Å². The van der Waals surface area contributed by atoms with Crippen molar-refractivity contribution in [1.82, 2.24) is 20.1 Å². The maximum atomic E-state index is 12.2. The Hall–Kier alpha value is -3.25. The molecule has 0 aliphatic heterocycles. The maximum absolute atomic E-state index is 12.2. The molecule has 0 spiro atoms. The number of halogens is 3. The van der Waals surface area contributed by atoms with Crippen molar-refractivity contribution >= 4 is 40.9 Å². The van der Waals surface area contributed by atoms with Gasteiger partial charge in [-0.15, -0.1) is 30.0 Å². The van der Waals surface area contributed by atoms with Gasteiger partial charge in [0.15, 0.2) is 17.7 Å². The molecular weight excluding hydrogens is 463 g/mol. The Balaban J connectivity index is 1.45. The molecule has 0 aliphatic rings. The standard InChI is InChI=1S/C20H18F3N5O2S2/c1-32-17-5-3-2-4-16(17)26-19(31)25-13-29-11-10-18-24-12-28(27-18)14-6-8-15(9-7-14)30-20(21,22)23/h2-12H,13H2,1H3,(H2,25,26,31)/b11-10+. The Kier molecular flexibility index (Phi) is 7.95. The molecule has 168 valence electrons. The van der Waals surface area contributed by atoms with E-state index >= 15 is 0 Å². The summed E-state index contributed by atoms with van der Waals surface area (Å²) in [7, 11) is 0. The summed E-state index contributed by atoms with van der Waals surface area (Å²) in [4.78, 5) is 5.17. The third-order valence-corrected chi connectivity index (χ3v) is 4.87. The van der Waals surface area contributed by atoms with Gasteiger partial charge in [-0.05, 0) is 54.9 Å². The average Bonchev–Trinajstić information content (AvgIpc) is 3.22. The summed E-state index contributed by atoms with van der Waals surface area (Å²) in [5, 5.41) is 10.6. The third kappa shape index (κ3) is 7.17. The molecule has 2 N–H and O–H groups in total. The van der Waals surface area contributed by atoms with Crippen LogP contribution in [0.15, 0.2) is 66.0 Å². The van der Waals surface area contributed by atoms with Crippen molar-refractivity contribution in [3.8, 4) is 11.4 Å². The number of nitrogens with one attached hydrogen (secondary N) is 2. The number of hydrogen-bond donors (Lipinski definition) is 2. The van der Waals surface area contributed by atoms with E-state index in [0.29, 0.717) is 16.6 Å². The molecule has 3 rings (SSSR count). The molecule has 1 heterocycles. The zero-order chi connectivity index (χ0) is 23.0. The molecule has 7 nitrogen and oxygen atoms in total. The average molecular weight is 482 g/mol. The van der Waals surface area contributed by atoms with E-state index in [9.17, 15) is 13.2 Å². The number of alkyl halides is 3. The summed E-state index contributed by atoms with van der Waals surface area (Å²) in [5.74, 6) is 0.0435. The van der Waals surface area contributed by atoms with Gasteiger partial charge in [0, 0.05) is 11.0 Å². The van der Waals surface area contributed by atoms with Crippen LogP contribution < -0.4 is 15.4 Å². The molecule has 0 saturated heterocycles. The molecule has 0 atom stereocenters. The van der Waals surface area contributed by atoms with Crippen molar-refractivity contribution in [3.63, 3.8) is 0 Å². The summed E-state index contributed by atoms with van der Waals surface area (Å²) in [6.45, 7) is 0.130. The second kappa shape index (κ2) is 10.9. The smallest absolute Gasteiger partial charge is 0.481 e. The number of para-hydroxylation sites is 1. The first-order valence-corrected chi connectivity index (χ1v) is 10.7. The molecule has 0 aliphatic carbocycles. The van der Waals surface area contributed by atoms with Crippen molar-refractivity contribution in [2.75, 3.05) is 18.3 Å². The number of ether oxygens (including phenoxy) is 2. The number of thioether (sulfide) groups is 1. The van der Waals surface area contributed by atoms with Crippen LogP contribution in [0.1, 0.15) is 5.82 Å². The minimum Gasteiger partial charge on any atom is -0.481 e. The van der Waals surface area contributed by atoms with E-state index in [4.69, 9.17) is 17.0 Å². The largest absolute Gasteiger partial charge is 0.573 e. The van der Waals surface area contributed by atoms with E-state index in [-0.39, 0.29) is 12.5 Å². The number of benzene rings is 2. The molecule has 0 unspecified atom stereocenters. The van der Waals surface area contributed by atoms with Crippen LogP contribution in [-0.2, 0) is 4.74 Å². The minimum atomic E-state index is -4.74. The summed E-state index contributed by atoms with van der Waals surface area (Å²) in [5.41, 5.74) is 1.43. The van der Waals surface area contributed by atoms with Crippen LogP contribution in [0.4, 0.5) is 18.9 Å². The molecule has 32 heavy (non-hydrogen) atoms. The Labute approximate surface area is 191 Å². The Morgan fingerprint density at radius 3 is 2.66 bits per heavy atom. The van der Waals surface area contributed by atoms with Crippen LogP contribution in [0.2, 0.25) is 0 Å². The molecule has 1 aromatic heterocycles. The van der Waals surface area contributed by atoms with E-state index in [2.05, 4.69) is 25.5 Å². The summed E-state index contributed by atoms with van der Waals surface area (Å²) < 4.78 is 47.3. The van der Waals surface area contributed by atoms with Crippen LogP contribution in [0.5, 0.6) is 5.75 Å². The van der Waals surface area contributed by atoms with E-state index in [1.165, 1.54) is 41.5 Å². The third-order valence-electron chi connectivity index (χ3n) is 3.83. The van der Waals surface area contributed by atoms with Crippen LogP contribution in [0.25, 0.3) is 11.8 Å².